The van der Waals surface area contributed by atoms with E-state index in [1.807, 2.05) is 48.2 Å². The molecule has 0 saturated carbocycles. The van der Waals surface area contributed by atoms with E-state index in [1.165, 1.54) is 12.0 Å². The molecule has 2 aromatic rings. The minimum absolute atomic E-state index is 0.0130. The number of piperidine rings is 1. The fourth-order valence-corrected chi connectivity index (χ4v) is 4.14. The molecule has 1 aliphatic heterocycles. The molecule has 0 radical (unpaired) electrons. The summed E-state index contributed by atoms with van der Waals surface area (Å²) >= 11 is 1.56. The molecule has 1 N–H and O–H groups in total. The smallest absolute Gasteiger partial charge is 0.253 e. The molecule has 0 aromatic heterocycles. The van der Waals surface area contributed by atoms with E-state index in [9.17, 15) is 9.59 Å². The highest BCUT2D eigenvalue weighted by molar-refractivity contribution is 8.00. The minimum Gasteiger partial charge on any atom is -0.351 e. The van der Waals surface area contributed by atoms with Gasteiger partial charge in [0, 0.05) is 30.1 Å². The van der Waals surface area contributed by atoms with E-state index >= 15 is 0 Å². The fraction of sp³-hybridized carbons (Fsp3) is 0.391. The summed E-state index contributed by atoms with van der Waals surface area (Å²) < 4.78 is 0. The van der Waals surface area contributed by atoms with Crippen LogP contribution in [0.25, 0.3) is 0 Å². The highest BCUT2D eigenvalue weighted by atomic mass is 32.2. The molecule has 1 saturated heterocycles. The second kappa shape index (κ2) is 9.78. The molecule has 28 heavy (non-hydrogen) atoms. The zero-order valence-corrected chi connectivity index (χ0v) is 17.4. The number of carbonyl (C=O) groups is 2. The number of nitrogens with one attached hydrogen (secondary N) is 1. The Morgan fingerprint density at radius 2 is 1.64 bits per heavy atom. The Morgan fingerprint density at radius 1 is 1.00 bits per heavy atom. The highest BCUT2D eigenvalue weighted by Gasteiger charge is 2.18. The van der Waals surface area contributed by atoms with Gasteiger partial charge >= 0.3 is 0 Å². The van der Waals surface area contributed by atoms with Crippen molar-refractivity contribution >= 4 is 23.6 Å². The Morgan fingerprint density at radius 3 is 2.29 bits per heavy atom. The Hall–Kier alpha value is -2.27. The number of rotatable bonds is 6. The number of likely N-dealkylation sites (tertiary alicyclic amines) is 1. The number of thioether (sulfide) groups is 1. The highest BCUT2D eigenvalue weighted by Crippen LogP contribution is 2.23. The zero-order valence-electron chi connectivity index (χ0n) is 16.6. The second-order valence-electron chi connectivity index (χ2n) is 7.34. The number of hydrogen-bond donors (Lipinski definition) is 1. The quantitative estimate of drug-likeness (QED) is 0.736. The first-order chi connectivity index (χ1) is 13.5. The molecule has 1 atom stereocenters. The number of hydrogen-bond acceptors (Lipinski definition) is 3. The molecule has 148 valence electrons. The fourth-order valence-electron chi connectivity index (χ4n) is 3.25. The van der Waals surface area contributed by atoms with Crippen LogP contribution in [0.2, 0.25) is 0 Å². The van der Waals surface area contributed by atoms with Gasteiger partial charge in [0.25, 0.3) is 5.91 Å². The van der Waals surface area contributed by atoms with Gasteiger partial charge in [0.15, 0.2) is 0 Å². The van der Waals surface area contributed by atoms with E-state index in [4.69, 9.17) is 0 Å². The Labute approximate surface area is 171 Å². The largest absolute Gasteiger partial charge is 0.351 e. The van der Waals surface area contributed by atoms with E-state index in [1.54, 1.807) is 11.8 Å². The van der Waals surface area contributed by atoms with Gasteiger partial charge in [0.2, 0.25) is 5.91 Å². The number of carbonyl (C=O) groups excluding carboxylic acids is 2. The molecule has 0 spiro atoms. The van der Waals surface area contributed by atoms with Crippen LogP contribution in [-0.2, 0) is 11.3 Å². The predicted octanol–water partition coefficient (Wildman–Crippen LogP) is 4.42. The summed E-state index contributed by atoms with van der Waals surface area (Å²) in [6, 6.07) is 15.8. The van der Waals surface area contributed by atoms with Gasteiger partial charge in [0.05, 0.1) is 5.25 Å². The van der Waals surface area contributed by atoms with Crippen LogP contribution >= 0.6 is 11.8 Å². The number of aryl methyl sites for hydroxylation is 1. The van der Waals surface area contributed by atoms with Gasteiger partial charge in [-0.15, -0.1) is 11.8 Å². The lowest BCUT2D eigenvalue weighted by Gasteiger charge is -2.26. The van der Waals surface area contributed by atoms with Crippen LogP contribution in [0, 0.1) is 6.92 Å². The molecule has 0 aliphatic carbocycles. The van der Waals surface area contributed by atoms with Gasteiger partial charge in [-0.05, 0) is 62.9 Å². The van der Waals surface area contributed by atoms with E-state index in [2.05, 4.69) is 24.4 Å². The van der Waals surface area contributed by atoms with Crippen molar-refractivity contribution in [2.75, 3.05) is 13.1 Å². The topological polar surface area (TPSA) is 49.4 Å². The van der Waals surface area contributed by atoms with Gasteiger partial charge in [0.1, 0.15) is 0 Å². The molecule has 0 bridgehead atoms. The van der Waals surface area contributed by atoms with Crippen LogP contribution in [0.4, 0.5) is 0 Å². The van der Waals surface area contributed by atoms with Crippen LogP contribution in [-0.4, -0.2) is 35.1 Å². The van der Waals surface area contributed by atoms with Crippen molar-refractivity contribution in [1.82, 2.24) is 10.2 Å². The van der Waals surface area contributed by atoms with E-state index in [-0.39, 0.29) is 17.1 Å². The molecule has 5 heteroatoms. The van der Waals surface area contributed by atoms with Gasteiger partial charge in [-0.2, -0.15) is 0 Å². The average molecular weight is 397 g/mol. The molecule has 1 aliphatic rings. The molecular weight excluding hydrogens is 368 g/mol. The monoisotopic (exact) mass is 396 g/mol. The van der Waals surface area contributed by atoms with Crippen molar-refractivity contribution in [3.8, 4) is 0 Å². The molecule has 1 heterocycles. The van der Waals surface area contributed by atoms with Crippen LogP contribution in [0.5, 0.6) is 0 Å². The lowest BCUT2D eigenvalue weighted by Crippen LogP contribution is -2.35. The summed E-state index contributed by atoms with van der Waals surface area (Å²) in [5.41, 5.74) is 2.93. The molecule has 4 nitrogen and oxygen atoms in total. The SMILES string of the molecule is Cc1ccc(SC(C)C(=O)NCc2ccc(C(=O)N3CCCCC3)cc2)cc1. The molecular formula is C23H28N2O2S. The molecule has 1 fully saturated rings. The Bertz CT molecular complexity index is 796. The molecule has 2 aromatic carbocycles. The normalized spacial score (nSPS) is 15.1. The van der Waals surface area contributed by atoms with Crippen LogP contribution in [0.3, 0.4) is 0 Å². The van der Waals surface area contributed by atoms with Crippen molar-refractivity contribution in [2.45, 2.75) is 49.8 Å². The van der Waals surface area contributed by atoms with Gasteiger partial charge in [-0.25, -0.2) is 0 Å². The Kier molecular flexibility index (Phi) is 7.15. The first-order valence-electron chi connectivity index (χ1n) is 9.92. The van der Waals surface area contributed by atoms with Crippen molar-refractivity contribution in [3.63, 3.8) is 0 Å². The number of benzene rings is 2. The summed E-state index contributed by atoms with van der Waals surface area (Å²) in [7, 11) is 0. The van der Waals surface area contributed by atoms with Crippen LogP contribution in [0.15, 0.2) is 53.4 Å². The maximum atomic E-state index is 12.5. The zero-order chi connectivity index (χ0) is 19.9. The average Bonchev–Trinajstić information content (AvgIpc) is 2.74. The number of nitrogens with zero attached hydrogens (tertiary/aromatic N) is 1. The van der Waals surface area contributed by atoms with Crippen molar-refractivity contribution in [3.05, 3.63) is 65.2 Å². The number of amides is 2. The third-order valence-electron chi connectivity index (χ3n) is 5.01. The lowest BCUT2D eigenvalue weighted by molar-refractivity contribution is -0.120. The molecule has 2 amide bonds. The maximum Gasteiger partial charge on any atom is 0.253 e. The summed E-state index contributed by atoms with van der Waals surface area (Å²) in [4.78, 5) is 27.9. The third-order valence-corrected chi connectivity index (χ3v) is 6.13. The van der Waals surface area contributed by atoms with E-state index in [0.717, 1.165) is 42.0 Å². The van der Waals surface area contributed by atoms with Gasteiger partial charge < -0.3 is 10.2 Å². The summed E-state index contributed by atoms with van der Waals surface area (Å²) in [5.74, 6) is 0.123. The third kappa shape index (κ3) is 5.61. The summed E-state index contributed by atoms with van der Waals surface area (Å²) in [6.07, 6.45) is 3.40. The van der Waals surface area contributed by atoms with Crippen LogP contribution < -0.4 is 5.32 Å². The standard InChI is InChI=1S/C23H28N2O2S/c1-17-6-12-21(13-7-17)28-18(2)22(26)24-16-19-8-10-20(11-9-19)23(27)25-14-4-3-5-15-25/h6-13,18H,3-5,14-16H2,1-2H3,(H,24,26). The van der Waals surface area contributed by atoms with Gasteiger partial charge in [-0.1, -0.05) is 29.8 Å². The summed E-state index contributed by atoms with van der Waals surface area (Å²) in [5, 5.41) is 2.82. The first-order valence-corrected chi connectivity index (χ1v) is 10.8. The summed E-state index contributed by atoms with van der Waals surface area (Å²) in [6.45, 7) is 6.15. The van der Waals surface area contributed by atoms with Crippen molar-refractivity contribution in [1.29, 1.82) is 0 Å². The van der Waals surface area contributed by atoms with Gasteiger partial charge in [-0.3, -0.25) is 9.59 Å². The molecule has 3 rings (SSSR count). The van der Waals surface area contributed by atoms with E-state index < -0.39 is 0 Å². The first kappa shape index (κ1) is 20.5. The second-order valence-corrected chi connectivity index (χ2v) is 8.75. The minimum atomic E-state index is -0.164. The molecule has 1 unspecified atom stereocenters. The van der Waals surface area contributed by atoms with Crippen molar-refractivity contribution in [2.24, 2.45) is 0 Å². The van der Waals surface area contributed by atoms with Crippen LogP contribution in [0.1, 0.15) is 47.7 Å². The van der Waals surface area contributed by atoms with Crippen molar-refractivity contribution < 1.29 is 9.59 Å². The van der Waals surface area contributed by atoms with E-state index in [0.29, 0.717) is 6.54 Å². The maximum absolute atomic E-state index is 12.5. The Balaban J connectivity index is 1.49. The predicted molar refractivity (Wildman–Crippen MR) is 115 cm³/mol. The lowest BCUT2D eigenvalue weighted by atomic mass is 10.1.